The molecule has 0 bridgehead atoms. The molecule has 1 aromatic heterocycles. The largest absolute Gasteiger partial charge is 0.481 e. The van der Waals surface area contributed by atoms with Crippen LogP contribution < -0.4 is 0 Å². The van der Waals surface area contributed by atoms with Crippen LogP contribution in [0.5, 0.6) is 0 Å². The lowest BCUT2D eigenvalue weighted by molar-refractivity contribution is -0.384. The number of nitrogens with zero attached hydrogens (tertiary/aromatic N) is 4. The van der Waals surface area contributed by atoms with Crippen molar-refractivity contribution in [3.8, 4) is 5.69 Å². The van der Waals surface area contributed by atoms with Crippen LogP contribution in [0.2, 0.25) is 0 Å². The number of nitro benzene ring substituents is 1. The lowest BCUT2D eigenvalue weighted by atomic mass is 10.1. The van der Waals surface area contributed by atoms with Gasteiger partial charge in [-0.1, -0.05) is 0 Å². The maximum Gasteiger partial charge on any atom is 0.305 e. The van der Waals surface area contributed by atoms with Crippen molar-refractivity contribution < 1.29 is 19.6 Å². The van der Waals surface area contributed by atoms with Crippen molar-refractivity contribution in [1.29, 1.82) is 0 Å². The molecule has 9 heteroatoms. The van der Waals surface area contributed by atoms with Crippen molar-refractivity contribution in [3.05, 3.63) is 52.6 Å². The van der Waals surface area contributed by atoms with Crippen LogP contribution in [-0.4, -0.2) is 49.4 Å². The SMILES string of the molecule is CCN(CCC(=O)O)C(=O)c1ccc(-n2ccnc2)c([N+](=O)[O-])c1. The van der Waals surface area contributed by atoms with Gasteiger partial charge in [0.1, 0.15) is 5.69 Å². The normalized spacial score (nSPS) is 10.4. The number of carbonyl (C=O) groups is 2. The Kier molecular flexibility index (Phi) is 5.25. The van der Waals surface area contributed by atoms with Crippen molar-refractivity contribution in [3.63, 3.8) is 0 Å². The average molecular weight is 332 g/mol. The molecule has 0 saturated carbocycles. The van der Waals surface area contributed by atoms with Gasteiger partial charge in [0, 0.05) is 37.1 Å². The Balaban J connectivity index is 2.34. The van der Waals surface area contributed by atoms with Gasteiger partial charge in [-0.25, -0.2) is 4.98 Å². The Labute approximate surface area is 137 Å². The van der Waals surface area contributed by atoms with Gasteiger partial charge >= 0.3 is 5.97 Å². The molecule has 24 heavy (non-hydrogen) atoms. The minimum atomic E-state index is -1.01. The van der Waals surface area contributed by atoms with E-state index < -0.39 is 16.8 Å². The van der Waals surface area contributed by atoms with Gasteiger partial charge in [-0.05, 0) is 19.1 Å². The number of nitro groups is 1. The van der Waals surface area contributed by atoms with Crippen molar-refractivity contribution >= 4 is 17.6 Å². The average Bonchev–Trinajstić information content (AvgIpc) is 3.08. The maximum absolute atomic E-state index is 12.5. The molecule has 0 aliphatic heterocycles. The summed E-state index contributed by atoms with van der Waals surface area (Å²) in [7, 11) is 0. The summed E-state index contributed by atoms with van der Waals surface area (Å²) in [5.41, 5.74) is 0.202. The van der Waals surface area contributed by atoms with E-state index in [1.807, 2.05) is 0 Å². The fraction of sp³-hybridized carbons (Fsp3) is 0.267. The van der Waals surface area contributed by atoms with E-state index in [-0.39, 0.29) is 24.2 Å². The van der Waals surface area contributed by atoms with E-state index in [1.165, 1.54) is 40.2 Å². The number of carboxylic acids is 1. The van der Waals surface area contributed by atoms with Gasteiger partial charge in [0.2, 0.25) is 0 Å². The second-order valence-electron chi connectivity index (χ2n) is 4.96. The Hall–Kier alpha value is -3.23. The summed E-state index contributed by atoms with van der Waals surface area (Å²) in [5.74, 6) is -1.46. The highest BCUT2D eigenvalue weighted by atomic mass is 16.6. The highest BCUT2D eigenvalue weighted by Gasteiger charge is 2.21. The molecule has 1 aromatic carbocycles. The Morgan fingerprint density at radius 1 is 1.42 bits per heavy atom. The second kappa shape index (κ2) is 7.36. The molecule has 0 atom stereocenters. The zero-order chi connectivity index (χ0) is 17.7. The van der Waals surface area contributed by atoms with Crippen LogP contribution in [0.4, 0.5) is 5.69 Å². The van der Waals surface area contributed by atoms with Crippen LogP contribution >= 0.6 is 0 Å². The first-order chi connectivity index (χ1) is 11.4. The summed E-state index contributed by atoms with van der Waals surface area (Å²) in [4.78, 5) is 39.0. The summed E-state index contributed by atoms with van der Waals surface area (Å²) in [6, 6.07) is 4.15. The first kappa shape index (κ1) is 17.1. The topological polar surface area (TPSA) is 119 Å². The fourth-order valence-electron chi connectivity index (χ4n) is 2.24. The Morgan fingerprint density at radius 3 is 2.71 bits per heavy atom. The Morgan fingerprint density at radius 2 is 2.17 bits per heavy atom. The number of hydrogen-bond acceptors (Lipinski definition) is 5. The highest BCUT2D eigenvalue weighted by molar-refractivity contribution is 5.95. The third-order valence-corrected chi connectivity index (χ3v) is 3.47. The number of imidazole rings is 1. The minimum absolute atomic E-state index is 0.0434. The second-order valence-corrected chi connectivity index (χ2v) is 4.96. The van der Waals surface area contributed by atoms with Gasteiger partial charge in [-0.2, -0.15) is 0 Å². The van der Waals surface area contributed by atoms with E-state index in [2.05, 4.69) is 4.98 Å². The van der Waals surface area contributed by atoms with Crippen LogP contribution in [0.25, 0.3) is 5.69 Å². The van der Waals surface area contributed by atoms with Crippen LogP contribution in [0, 0.1) is 10.1 Å². The van der Waals surface area contributed by atoms with Crippen molar-refractivity contribution in [1.82, 2.24) is 14.5 Å². The lowest BCUT2D eigenvalue weighted by Crippen LogP contribution is -2.32. The van der Waals surface area contributed by atoms with Crippen LogP contribution in [0.3, 0.4) is 0 Å². The molecule has 9 nitrogen and oxygen atoms in total. The number of carboxylic acid groups (broad SMARTS) is 1. The minimum Gasteiger partial charge on any atom is -0.481 e. The van der Waals surface area contributed by atoms with E-state index in [0.29, 0.717) is 12.2 Å². The first-order valence-electron chi connectivity index (χ1n) is 7.22. The number of carbonyl (C=O) groups excluding carboxylic acids is 1. The van der Waals surface area contributed by atoms with Gasteiger partial charge in [-0.3, -0.25) is 19.7 Å². The number of amides is 1. The molecule has 0 saturated heterocycles. The molecule has 0 spiro atoms. The number of rotatable bonds is 7. The van der Waals surface area contributed by atoms with Gasteiger partial charge < -0.3 is 14.6 Å². The monoisotopic (exact) mass is 332 g/mol. The van der Waals surface area contributed by atoms with Crippen LogP contribution in [0.15, 0.2) is 36.9 Å². The summed E-state index contributed by atoms with van der Waals surface area (Å²) in [6.07, 6.45) is 4.30. The van der Waals surface area contributed by atoms with E-state index in [0.717, 1.165) is 0 Å². The third kappa shape index (κ3) is 3.75. The quantitative estimate of drug-likeness (QED) is 0.609. The molecule has 0 radical (unpaired) electrons. The zero-order valence-corrected chi connectivity index (χ0v) is 13.0. The van der Waals surface area contributed by atoms with Crippen LogP contribution in [-0.2, 0) is 4.79 Å². The standard InChI is InChI=1S/C15H16N4O5/c1-2-17(7-5-14(20)21)15(22)11-3-4-12(13(9-11)19(23)24)18-8-6-16-10-18/h3-4,6,8-10H,2,5,7H2,1H3,(H,20,21). The molecule has 1 N–H and O–H groups in total. The Bertz CT molecular complexity index is 757. The van der Waals surface area contributed by atoms with Crippen LogP contribution in [0.1, 0.15) is 23.7 Å². The van der Waals surface area contributed by atoms with E-state index in [4.69, 9.17) is 5.11 Å². The zero-order valence-electron chi connectivity index (χ0n) is 13.0. The van der Waals surface area contributed by atoms with Crippen molar-refractivity contribution in [2.75, 3.05) is 13.1 Å². The molecule has 0 unspecified atom stereocenters. The number of hydrogen-bond donors (Lipinski definition) is 1. The number of aliphatic carboxylic acids is 1. The summed E-state index contributed by atoms with van der Waals surface area (Å²) >= 11 is 0. The predicted molar refractivity (Wildman–Crippen MR) is 84.0 cm³/mol. The molecule has 0 aliphatic carbocycles. The smallest absolute Gasteiger partial charge is 0.305 e. The van der Waals surface area contributed by atoms with Crippen molar-refractivity contribution in [2.24, 2.45) is 0 Å². The van der Waals surface area contributed by atoms with Gasteiger partial charge in [-0.15, -0.1) is 0 Å². The van der Waals surface area contributed by atoms with E-state index in [9.17, 15) is 19.7 Å². The number of benzene rings is 1. The molecule has 1 amide bonds. The fourth-order valence-corrected chi connectivity index (χ4v) is 2.24. The highest BCUT2D eigenvalue weighted by Crippen LogP contribution is 2.24. The van der Waals surface area contributed by atoms with E-state index in [1.54, 1.807) is 13.1 Å². The molecule has 126 valence electrons. The molecule has 2 rings (SSSR count). The van der Waals surface area contributed by atoms with Gasteiger partial charge in [0.25, 0.3) is 11.6 Å². The molecule has 2 aromatic rings. The maximum atomic E-state index is 12.5. The summed E-state index contributed by atoms with van der Waals surface area (Å²) in [6.45, 7) is 2.07. The molecule has 1 heterocycles. The molecular formula is C15H16N4O5. The van der Waals surface area contributed by atoms with Gasteiger partial charge in [0.05, 0.1) is 17.7 Å². The summed E-state index contributed by atoms with van der Waals surface area (Å²) < 4.78 is 1.48. The molecular weight excluding hydrogens is 316 g/mol. The number of aromatic nitrogens is 2. The third-order valence-electron chi connectivity index (χ3n) is 3.47. The lowest BCUT2D eigenvalue weighted by Gasteiger charge is -2.20. The molecule has 0 aliphatic rings. The predicted octanol–water partition coefficient (Wildman–Crippen LogP) is 1.72. The first-order valence-corrected chi connectivity index (χ1v) is 7.22. The van der Waals surface area contributed by atoms with Crippen molar-refractivity contribution in [2.45, 2.75) is 13.3 Å². The molecule has 0 fully saturated rings. The van der Waals surface area contributed by atoms with E-state index >= 15 is 0 Å². The van der Waals surface area contributed by atoms with Gasteiger partial charge in [0.15, 0.2) is 0 Å². The summed E-state index contributed by atoms with van der Waals surface area (Å²) in [5, 5.41) is 20.0.